The van der Waals surface area contributed by atoms with Crippen molar-refractivity contribution in [3.05, 3.63) is 0 Å². The van der Waals surface area contributed by atoms with Crippen molar-refractivity contribution in [1.29, 1.82) is 0 Å². The molecule has 58 valence electrons. The zero-order valence-corrected chi connectivity index (χ0v) is 7.77. The minimum Gasteiger partial charge on any atom is -0.358 e. The van der Waals surface area contributed by atoms with E-state index in [-0.39, 0.29) is 0 Å². The largest absolute Gasteiger partial charge is 0.358 e. The summed E-state index contributed by atoms with van der Waals surface area (Å²) in [5.41, 5.74) is 0. The van der Waals surface area contributed by atoms with E-state index >= 15 is 0 Å². The molecule has 2 unspecified atom stereocenters. The number of rotatable bonds is 0. The van der Waals surface area contributed by atoms with E-state index in [1.807, 2.05) is 25.9 Å². The van der Waals surface area contributed by atoms with Crippen LogP contribution in [0.15, 0.2) is 4.99 Å². The quantitative estimate of drug-likeness (QED) is 0.530. The van der Waals surface area contributed by atoms with Crippen molar-refractivity contribution in [3.63, 3.8) is 0 Å². The standard InChI is InChI=1S/C7H14N2S/c1-5-6(2)10-7(8-5)9(3)4/h5-6H,1-4H3. The van der Waals surface area contributed by atoms with Gasteiger partial charge in [0, 0.05) is 19.3 Å². The number of thioether (sulfide) groups is 1. The van der Waals surface area contributed by atoms with E-state index < -0.39 is 0 Å². The minimum absolute atomic E-state index is 0.488. The lowest BCUT2D eigenvalue weighted by Gasteiger charge is -2.10. The predicted octanol–water partition coefficient (Wildman–Crippen LogP) is 1.43. The monoisotopic (exact) mass is 158 g/mol. The second kappa shape index (κ2) is 2.82. The van der Waals surface area contributed by atoms with Crippen molar-refractivity contribution in [2.75, 3.05) is 14.1 Å². The minimum atomic E-state index is 0.488. The summed E-state index contributed by atoms with van der Waals surface area (Å²) < 4.78 is 0. The molecule has 2 nitrogen and oxygen atoms in total. The molecule has 2 atom stereocenters. The Labute approximate surface area is 66.7 Å². The Morgan fingerprint density at radius 2 is 2.00 bits per heavy atom. The van der Waals surface area contributed by atoms with Crippen LogP contribution in [0.1, 0.15) is 13.8 Å². The lowest BCUT2D eigenvalue weighted by molar-refractivity contribution is 0.627. The Morgan fingerprint density at radius 3 is 2.20 bits per heavy atom. The summed E-state index contributed by atoms with van der Waals surface area (Å²) in [6, 6.07) is 0.488. The summed E-state index contributed by atoms with van der Waals surface area (Å²) in [5, 5.41) is 1.82. The molecule has 0 aromatic rings. The molecule has 0 N–H and O–H groups in total. The molecule has 0 saturated heterocycles. The van der Waals surface area contributed by atoms with Gasteiger partial charge >= 0.3 is 0 Å². The molecule has 3 heteroatoms. The van der Waals surface area contributed by atoms with Crippen molar-refractivity contribution in [2.24, 2.45) is 4.99 Å². The van der Waals surface area contributed by atoms with Gasteiger partial charge in [0.1, 0.15) is 0 Å². The van der Waals surface area contributed by atoms with Gasteiger partial charge in [-0.05, 0) is 6.92 Å². The van der Waals surface area contributed by atoms with Crippen molar-refractivity contribution >= 4 is 16.9 Å². The van der Waals surface area contributed by atoms with Crippen LogP contribution < -0.4 is 0 Å². The lowest BCUT2D eigenvalue weighted by Crippen LogP contribution is -2.16. The number of aliphatic imine (C=N–C) groups is 1. The highest BCUT2D eigenvalue weighted by Gasteiger charge is 2.23. The van der Waals surface area contributed by atoms with E-state index in [4.69, 9.17) is 0 Å². The van der Waals surface area contributed by atoms with Crippen LogP contribution >= 0.6 is 11.8 Å². The van der Waals surface area contributed by atoms with Crippen LogP contribution in [0.3, 0.4) is 0 Å². The molecule has 1 rings (SSSR count). The van der Waals surface area contributed by atoms with E-state index in [0.717, 1.165) is 0 Å². The Balaban J connectivity index is 2.58. The highest BCUT2D eigenvalue weighted by Crippen LogP contribution is 2.26. The molecular formula is C7H14N2S. The van der Waals surface area contributed by atoms with Gasteiger partial charge in [0.2, 0.25) is 0 Å². The first-order valence-electron chi connectivity index (χ1n) is 3.53. The summed E-state index contributed by atoms with van der Waals surface area (Å²) >= 11 is 1.86. The van der Waals surface area contributed by atoms with Gasteiger partial charge in [-0.15, -0.1) is 0 Å². The second-order valence-corrected chi connectivity index (χ2v) is 4.21. The summed E-state index contributed by atoms with van der Waals surface area (Å²) in [6.45, 7) is 4.38. The van der Waals surface area contributed by atoms with E-state index in [1.54, 1.807) is 0 Å². The molecule has 0 spiro atoms. The van der Waals surface area contributed by atoms with Crippen LogP contribution in [0.2, 0.25) is 0 Å². The van der Waals surface area contributed by atoms with E-state index in [1.165, 1.54) is 5.17 Å². The molecular weight excluding hydrogens is 144 g/mol. The zero-order chi connectivity index (χ0) is 7.72. The fraction of sp³-hybridized carbons (Fsp3) is 0.857. The first-order valence-corrected chi connectivity index (χ1v) is 4.41. The van der Waals surface area contributed by atoms with Crippen LogP contribution in [0.4, 0.5) is 0 Å². The smallest absolute Gasteiger partial charge is 0.159 e. The maximum atomic E-state index is 4.47. The summed E-state index contributed by atoms with van der Waals surface area (Å²) in [4.78, 5) is 6.55. The molecule has 0 bridgehead atoms. The third-order valence-electron chi connectivity index (χ3n) is 1.67. The van der Waals surface area contributed by atoms with Gasteiger partial charge in [0.15, 0.2) is 5.17 Å². The molecule has 10 heavy (non-hydrogen) atoms. The van der Waals surface area contributed by atoms with Crippen molar-refractivity contribution in [3.8, 4) is 0 Å². The van der Waals surface area contributed by atoms with Gasteiger partial charge in [-0.1, -0.05) is 18.7 Å². The van der Waals surface area contributed by atoms with Gasteiger partial charge < -0.3 is 4.90 Å². The number of amidine groups is 1. The van der Waals surface area contributed by atoms with Gasteiger partial charge in [0.05, 0.1) is 6.04 Å². The van der Waals surface area contributed by atoms with Crippen molar-refractivity contribution in [1.82, 2.24) is 4.90 Å². The SMILES string of the molecule is CC1N=C(N(C)C)SC1C. The summed E-state index contributed by atoms with van der Waals surface area (Å²) in [6.07, 6.45) is 0. The van der Waals surface area contributed by atoms with E-state index in [9.17, 15) is 0 Å². The van der Waals surface area contributed by atoms with Crippen LogP contribution in [-0.2, 0) is 0 Å². The fourth-order valence-corrected chi connectivity index (χ4v) is 1.82. The first-order chi connectivity index (χ1) is 4.61. The van der Waals surface area contributed by atoms with Crippen LogP contribution in [0.5, 0.6) is 0 Å². The van der Waals surface area contributed by atoms with Crippen molar-refractivity contribution < 1.29 is 0 Å². The zero-order valence-electron chi connectivity index (χ0n) is 6.96. The molecule has 0 saturated carbocycles. The van der Waals surface area contributed by atoms with Crippen LogP contribution in [0.25, 0.3) is 0 Å². The Morgan fingerprint density at radius 1 is 1.40 bits per heavy atom. The lowest BCUT2D eigenvalue weighted by atomic mass is 10.3. The van der Waals surface area contributed by atoms with Crippen molar-refractivity contribution in [2.45, 2.75) is 25.1 Å². The molecule has 0 amide bonds. The second-order valence-electron chi connectivity index (χ2n) is 2.87. The normalized spacial score (nSPS) is 32.2. The van der Waals surface area contributed by atoms with Gasteiger partial charge in [-0.25, -0.2) is 0 Å². The molecule has 1 aliphatic heterocycles. The number of hydrogen-bond donors (Lipinski definition) is 0. The maximum Gasteiger partial charge on any atom is 0.159 e. The first kappa shape index (κ1) is 7.92. The molecule has 1 heterocycles. The highest BCUT2D eigenvalue weighted by atomic mass is 32.2. The van der Waals surface area contributed by atoms with Gasteiger partial charge in [-0.3, -0.25) is 4.99 Å². The third-order valence-corrected chi connectivity index (χ3v) is 3.11. The number of hydrogen-bond acceptors (Lipinski definition) is 3. The molecule has 0 aromatic carbocycles. The van der Waals surface area contributed by atoms with Crippen LogP contribution in [0, 0.1) is 0 Å². The summed E-state index contributed by atoms with van der Waals surface area (Å²) in [5.74, 6) is 0. The topological polar surface area (TPSA) is 15.6 Å². The highest BCUT2D eigenvalue weighted by molar-refractivity contribution is 8.14. The Kier molecular flexibility index (Phi) is 2.24. The van der Waals surface area contributed by atoms with Gasteiger partial charge in [0.25, 0.3) is 0 Å². The average Bonchev–Trinajstić information content (AvgIpc) is 2.13. The maximum absolute atomic E-state index is 4.47. The number of nitrogens with zero attached hydrogens (tertiary/aromatic N) is 2. The van der Waals surface area contributed by atoms with Crippen LogP contribution in [-0.4, -0.2) is 35.5 Å². The molecule has 1 aliphatic rings. The average molecular weight is 158 g/mol. The molecule has 0 aromatic heterocycles. The Bertz CT molecular complexity index is 154. The third kappa shape index (κ3) is 1.45. The molecule has 0 radical (unpaired) electrons. The predicted molar refractivity (Wildman–Crippen MR) is 47.6 cm³/mol. The van der Waals surface area contributed by atoms with E-state index in [0.29, 0.717) is 11.3 Å². The van der Waals surface area contributed by atoms with Gasteiger partial charge in [-0.2, -0.15) is 0 Å². The van der Waals surface area contributed by atoms with E-state index in [2.05, 4.69) is 23.7 Å². The summed E-state index contributed by atoms with van der Waals surface area (Å²) in [7, 11) is 4.08. The molecule has 0 aliphatic carbocycles. The Hall–Kier alpha value is -0.180. The molecule has 0 fully saturated rings. The fourth-order valence-electron chi connectivity index (χ4n) is 0.795.